The molecule has 0 bridgehead atoms. The van der Waals surface area contributed by atoms with Crippen LogP contribution in [0.3, 0.4) is 0 Å². The maximum Gasteiger partial charge on any atom is 0.387 e. The summed E-state index contributed by atoms with van der Waals surface area (Å²) < 4.78 is 29.2. The van der Waals surface area contributed by atoms with Crippen molar-refractivity contribution in [2.45, 2.75) is 6.61 Å². The first-order valence-corrected chi connectivity index (χ1v) is 6.18. The number of alkyl halides is 2. The Morgan fingerprint density at radius 2 is 1.65 bits per heavy atom. The molecule has 0 spiro atoms. The predicted octanol–water partition coefficient (Wildman–Crippen LogP) is 3.67. The second kappa shape index (κ2) is 6.29. The molecule has 0 unspecified atom stereocenters. The number of rotatable bonds is 5. The topological polar surface area (TPSA) is 47.3 Å². The van der Waals surface area contributed by atoms with Crippen molar-refractivity contribution in [3.63, 3.8) is 0 Å². The number of benzene rings is 2. The second-order valence-electron chi connectivity index (χ2n) is 3.91. The molecule has 0 radical (unpaired) electrons. The number of hydrogen-bond acceptors (Lipinski definition) is 3. The van der Waals surface area contributed by atoms with Gasteiger partial charge in [-0.2, -0.15) is 8.78 Å². The quantitative estimate of drug-likeness (QED) is 0.826. The van der Waals surface area contributed by atoms with Crippen LogP contribution in [-0.2, 0) is 0 Å². The molecule has 0 fully saturated rings. The maximum absolute atomic E-state index is 12.4. The third-order valence-corrected chi connectivity index (χ3v) is 2.78. The van der Waals surface area contributed by atoms with Crippen molar-refractivity contribution in [3.05, 3.63) is 54.1 Å². The van der Waals surface area contributed by atoms with Gasteiger partial charge in [-0.05, 0) is 24.3 Å². The Bertz CT molecular complexity index is 620. The lowest BCUT2D eigenvalue weighted by molar-refractivity contribution is -0.0493. The fraction of sp³-hybridized carbons (Fsp3) is 0.0714. The van der Waals surface area contributed by atoms with Crippen molar-refractivity contribution in [2.24, 2.45) is 5.73 Å². The van der Waals surface area contributed by atoms with Crippen LogP contribution in [-0.4, -0.2) is 11.6 Å². The molecule has 2 rings (SSSR count). The molecular formula is C14H12F2N2OS. The number of nitrogens with two attached hydrogens (primary N) is 1. The number of thiocarbonyl (C=S) groups is 1. The fourth-order valence-corrected chi connectivity index (χ4v) is 1.90. The van der Waals surface area contributed by atoms with E-state index >= 15 is 0 Å². The second-order valence-corrected chi connectivity index (χ2v) is 4.35. The van der Waals surface area contributed by atoms with E-state index in [0.717, 1.165) is 0 Å². The highest BCUT2D eigenvalue weighted by molar-refractivity contribution is 7.80. The van der Waals surface area contributed by atoms with Crippen molar-refractivity contribution >= 4 is 28.6 Å². The standard InChI is InChI=1S/C14H12F2N2OS/c15-14(16)19-12-8-4-3-7-11(12)18-10-6-2-1-5-9(10)13(17)20/h1-8,14,18H,(H2,17,20). The molecule has 0 aliphatic rings. The van der Waals surface area contributed by atoms with Gasteiger partial charge >= 0.3 is 6.61 Å². The van der Waals surface area contributed by atoms with Gasteiger partial charge in [0.2, 0.25) is 0 Å². The number of ether oxygens (including phenoxy) is 1. The Balaban J connectivity index is 2.33. The minimum atomic E-state index is -2.89. The Morgan fingerprint density at radius 1 is 1.05 bits per heavy atom. The largest absolute Gasteiger partial charge is 0.433 e. The molecule has 6 heteroatoms. The Kier molecular flexibility index (Phi) is 4.47. The van der Waals surface area contributed by atoms with E-state index in [1.54, 1.807) is 42.5 Å². The smallest absolute Gasteiger partial charge is 0.387 e. The van der Waals surface area contributed by atoms with Crippen LogP contribution in [0.4, 0.5) is 20.2 Å². The zero-order valence-corrected chi connectivity index (χ0v) is 11.2. The van der Waals surface area contributed by atoms with Gasteiger partial charge in [-0.1, -0.05) is 36.5 Å². The van der Waals surface area contributed by atoms with E-state index in [1.807, 2.05) is 0 Å². The van der Waals surface area contributed by atoms with E-state index in [4.69, 9.17) is 18.0 Å². The van der Waals surface area contributed by atoms with Crippen molar-refractivity contribution in [1.29, 1.82) is 0 Å². The van der Waals surface area contributed by atoms with Gasteiger partial charge in [-0.15, -0.1) is 0 Å². The predicted molar refractivity (Wildman–Crippen MR) is 78.7 cm³/mol. The van der Waals surface area contributed by atoms with Crippen LogP contribution in [0.2, 0.25) is 0 Å². The SMILES string of the molecule is NC(=S)c1ccccc1Nc1ccccc1OC(F)F. The summed E-state index contributed by atoms with van der Waals surface area (Å²) >= 11 is 4.96. The number of anilines is 2. The van der Waals surface area contributed by atoms with Crippen LogP contribution in [0, 0.1) is 0 Å². The third-order valence-electron chi connectivity index (χ3n) is 2.56. The molecule has 0 aromatic heterocycles. The highest BCUT2D eigenvalue weighted by atomic mass is 32.1. The molecule has 0 saturated heterocycles. The molecule has 0 atom stereocenters. The number of para-hydroxylation sites is 3. The van der Waals surface area contributed by atoms with E-state index in [2.05, 4.69) is 10.1 Å². The van der Waals surface area contributed by atoms with E-state index < -0.39 is 6.61 Å². The van der Waals surface area contributed by atoms with E-state index in [1.165, 1.54) is 6.07 Å². The summed E-state index contributed by atoms with van der Waals surface area (Å²) in [6.07, 6.45) is 0. The summed E-state index contributed by atoms with van der Waals surface area (Å²) in [5, 5.41) is 3.00. The van der Waals surface area contributed by atoms with Crippen molar-refractivity contribution < 1.29 is 13.5 Å². The van der Waals surface area contributed by atoms with Crippen molar-refractivity contribution in [2.75, 3.05) is 5.32 Å². The van der Waals surface area contributed by atoms with Gasteiger partial charge < -0.3 is 15.8 Å². The van der Waals surface area contributed by atoms with Gasteiger partial charge in [0, 0.05) is 11.3 Å². The van der Waals surface area contributed by atoms with Crippen LogP contribution < -0.4 is 15.8 Å². The minimum Gasteiger partial charge on any atom is -0.433 e. The lowest BCUT2D eigenvalue weighted by atomic mass is 10.1. The normalized spacial score (nSPS) is 10.3. The summed E-state index contributed by atoms with van der Waals surface area (Å²) in [4.78, 5) is 0.223. The molecule has 3 nitrogen and oxygen atoms in total. The zero-order valence-electron chi connectivity index (χ0n) is 10.3. The van der Waals surface area contributed by atoms with Crippen molar-refractivity contribution in [1.82, 2.24) is 0 Å². The van der Waals surface area contributed by atoms with E-state index in [-0.39, 0.29) is 10.7 Å². The molecule has 0 amide bonds. The molecule has 0 aliphatic heterocycles. The van der Waals surface area contributed by atoms with Crippen molar-refractivity contribution in [3.8, 4) is 5.75 Å². The molecular weight excluding hydrogens is 282 g/mol. The number of hydrogen-bond donors (Lipinski definition) is 2. The zero-order chi connectivity index (χ0) is 14.5. The summed E-state index contributed by atoms with van der Waals surface area (Å²) in [7, 11) is 0. The highest BCUT2D eigenvalue weighted by Crippen LogP contribution is 2.30. The van der Waals surface area contributed by atoms with Gasteiger partial charge in [-0.25, -0.2) is 0 Å². The van der Waals surface area contributed by atoms with Crippen LogP contribution >= 0.6 is 12.2 Å². The minimum absolute atomic E-state index is 0.0558. The molecule has 3 N–H and O–H groups in total. The van der Waals surface area contributed by atoms with E-state index in [0.29, 0.717) is 16.9 Å². The monoisotopic (exact) mass is 294 g/mol. The van der Waals surface area contributed by atoms with Gasteiger partial charge in [0.05, 0.1) is 5.69 Å². The lowest BCUT2D eigenvalue weighted by Gasteiger charge is -2.14. The lowest BCUT2D eigenvalue weighted by Crippen LogP contribution is -2.12. The molecule has 0 heterocycles. The molecule has 20 heavy (non-hydrogen) atoms. The van der Waals surface area contributed by atoms with Crippen LogP contribution in [0.15, 0.2) is 48.5 Å². The average Bonchev–Trinajstić information content (AvgIpc) is 2.41. The highest BCUT2D eigenvalue weighted by Gasteiger charge is 2.11. The van der Waals surface area contributed by atoms with Crippen LogP contribution in [0.25, 0.3) is 0 Å². The molecule has 0 saturated carbocycles. The van der Waals surface area contributed by atoms with Gasteiger partial charge in [-0.3, -0.25) is 0 Å². The first-order valence-electron chi connectivity index (χ1n) is 5.77. The first-order chi connectivity index (χ1) is 9.58. The maximum atomic E-state index is 12.4. The number of halogens is 2. The molecule has 2 aromatic rings. The Hall–Kier alpha value is -2.21. The number of nitrogens with one attached hydrogen (secondary N) is 1. The molecule has 0 aliphatic carbocycles. The summed E-state index contributed by atoms with van der Waals surface area (Å²) in [5.74, 6) is 0.0558. The van der Waals surface area contributed by atoms with Gasteiger partial charge in [0.1, 0.15) is 10.7 Å². The van der Waals surface area contributed by atoms with Gasteiger partial charge in [0.15, 0.2) is 0 Å². The van der Waals surface area contributed by atoms with Crippen LogP contribution in [0.1, 0.15) is 5.56 Å². The first kappa shape index (κ1) is 14.2. The summed E-state index contributed by atoms with van der Waals surface area (Å²) in [6, 6.07) is 13.5. The fourth-order valence-electron chi connectivity index (χ4n) is 1.72. The average molecular weight is 294 g/mol. The van der Waals surface area contributed by atoms with Gasteiger partial charge in [0.25, 0.3) is 0 Å². The Morgan fingerprint density at radius 3 is 2.30 bits per heavy atom. The molecule has 2 aromatic carbocycles. The third kappa shape index (κ3) is 3.42. The Labute approximate surface area is 120 Å². The summed E-state index contributed by atoms with van der Waals surface area (Å²) in [5.41, 5.74) is 7.30. The van der Waals surface area contributed by atoms with Crippen LogP contribution in [0.5, 0.6) is 5.75 Å². The van der Waals surface area contributed by atoms with E-state index in [9.17, 15) is 8.78 Å². The summed E-state index contributed by atoms with van der Waals surface area (Å²) in [6.45, 7) is -2.89. The molecule has 104 valence electrons.